The lowest BCUT2D eigenvalue weighted by Crippen LogP contribution is -2.34. The van der Waals surface area contributed by atoms with Crippen molar-refractivity contribution in [3.8, 4) is 5.75 Å². The van der Waals surface area contributed by atoms with E-state index in [4.69, 9.17) is 4.74 Å². The van der Waals surface area contributed by atoms with Crippen molar-refractivity contribution in [2.24, 2.45) is 0 Å². The minimum absolute atomic E-state index is 0.109. The van der Waals surface area contributed by atoms with Crippen molar-refractivity contribution in [2.45, 2.75) is 12.5 Å². The van der Waals surface area contributed by atoms with E-state index in [1.807, 2.05) is 44.4 Å². The van der Waals surface area contributed by atoms with Gasteiger partial charge in [0.05, 0.1) is 18.8 Å². The van der Waals surface area contributed by atoms with Gasteiger partial charge in [-0.25, -0.2) is 9.18 Å². The molecule has 2 aromatic rings. The van der Waals surface area contributed by atoms with Crippen molar-refractivity contribution >= 4 is 11.7 Å². The van der Waals surface area contributed by atoms with E-state index in [0.717, 1.165) is 18.5 Å². The maximum atomic E-state index is 14.0. The normalized spacial score (nSPS) is 11.9. The number of urea groups is 1. The summed E-state index contributed by atoms with van der Waals surface area (Å²) in [5, 5.41) is 5.47. The van der Waals surface area contributed by atoms with Crippen LogP contribution in [0.5, 0.6) is 5.75 Å². The molecule has 2 rings (SSSR count). The molecular formula is C19H24FN3O2. The Bertz CT molecular complexity index is 692. The van der Waals surface area contributed by atoms with Gasteiger partial charge >= 0.3 is 6.03 Å². The summed E-state index contributed by atoms with van der Waals surface area (Å²) in [7, 11) is 5.42. The average molecular weight is 345 g/mol. The van der Waals surface area contributed by atoms with Crippen molar-refractivity contribution in [1.29, 1.82) is 0 Å². The molecule has 134 valence electrons. The van der Waals surface area contributed by atoms with Gasteiger partial charge in [0.25, 0.3) is 0 Å². The van der Waals surface area contributed by atoms with Crippen molar-refractivity contribution in [3.05, 3.63) is 59.9 Å². The monoisotopic (exact) mass is 345 g/mol. The zero-order chi connectivity index (χ0) is 18.2. The number of anilines is 1. The molecule has 0 aliphatic carbocycles. The number of ether oxygens (including phenoxy) is 1. The SMILES string of the molecule is COc1ccc(NC(=O)N[C@H](CCN(C)C)c2ccccc2)c(F)c1. The molecule has 0 spiro atoms. The van der Waals surface area contributed by atoms with Crippen molar-refractivity contribution in [3.63, 3.8) is 0 Å². The van der Waals surface area contributed by atoms with Gasteiger partial charge in [0.1, 0.15) is 11.6 Å². The minimum Gasteiger partial charge on any atom is -0.497 e. The van der Waals surface area contributed by atoms with E-state index in [9.17, 15) is 9.18 Å². The summed E-state index contributed by atoms with van der Waals surface area (Å²) in [6, 6.07) is 13.4. The number of amides is 2. The van der Waals surface area contributed by atoms with Crippen LogP contribution in [-0.2, 0) is 0 Å². The van der Waals surface area contributed by atoms with Crippen LogP contribution in [0.1, 0.15) is 18.0 Å². The Hall–Kier alpha value is -2.60. The number of carbonyl (C=O) groups is 1. The smallest absolute Gasteiger partial charge is 0.319 e. The zero-order valence-electron chi connectivity index (χ0n) is 14.8. The second-order valence-electron chi connectivity index (χ2n) is 6.00. The van der Waals surface area contributed by atoms with Gasteiger partial charge in [0, 0.05) is 6.07 Å². The molecule has 0 bridgehead atoms. The molecule has 1 atom stereocenters. The summed E-state index contributed by atoms with van der Waals surface area (Å²) >= 11 is 0. The highest BCUT2D eigenvalue weighted by molar-refractivity contribution is 5.89. The fraction of sp³-hybridized carbons (Fsp3) is 0.316. The molecule has 0 unspecified atom stereocenters. The van der Waals surface area contributed by atoms with Gasteiger partial charge in [-0.2, -0.15) is 0 Å². The average Bonchev–Trinajstić information content (AvgIpc) is 2.61. The molecule has 5 nitrogen and oxygen atoms in total. The second kappa shape index (κ2) is 9.03. The molecule has 0 saturated heterocycles. The Morgan fingerprint density at radius 2 is 1.92 bits per heavy atom. The first-order chi connectivity index (χ1) is 12.0. The van der Waals surface area contributed by atoms with Crippen molar-refractivity contribution < 1.29 is 13.9 Å². The van der Waals surface area contributed by atoms with E-state index in [1.165, 1.54) is 19.2 Å². The third-order valence-electron chi connectivity index (χ3n) is 3.80. The molecule has 2 N–H and O–H groups in total. The molecule has 2 aromatic carbocycles. The number of rotatable bonds is 7. The number of benzene rings is 2. The van der Waals surface area contributed by atoms with Gasteiger partial charge in [-0.1, -0.05) is 30.3 Å². The maximum absolute atomic E-state index is 14.0. The van der Waals surface area contributed by atoms with Gasteiger partial charge in [-0.15, -0.1) is 0 Å². The molecule has 0 radical (unpaired) electrons. The quantitative estimate of drug-likeness (QED) is 0.805. The number of carbonyl (C=O) groups excluding carboxylic acids is 1. The number of hydrogen-bond acceptors (Lipinski definition) is 3. The highest BCUT2D eigenvalue weighted by Gasteiger charge is 2.16. The number of hydrogen-bond donors (Lipinski definition) is 2. The first kappa shape index (κ1) is 18.7. The Labute approximate surface area is 147 Å². The topological polar surface area (TPSA) is 53.6 Å². The van der Waals surface area contributed by atoms with Gasteiger partial charge < -0.3 is 20.3 Å². The summed E-state index contributed by atoms with van der Waals surface area (Å²) in [6.07, 6.45) is 0.746. The molecule has 6 heteroatoms. The van der Waals surface area contributed by atoms with Gasteiger partial charge in [-0.3, -0.25) is 0 Å². The molecule has 0 heterocycles. The lowest BCUT2D eigenvalue weighted by Gasteiger charge is -2.21. The number of halogens is 1. The zero-order valence-corrected chi connectivity index (χ0v) is 14.8. The molecule has 25 heavy (non-hydrogen) atoms. The summed E-state index contributed by atoms with van der Waals surface area (Å²) in [6.45, 7) is 0.816. The molecule has 0 aliphatic rings. The Morgan fingerprint density at radius 3 is 2.52 bits per heavy atom. The van der Waals surface area contributed by atoms with Crippen molar-refractivity contribution in [2.75, 3.05) is 33.1 Å². The Kier molecular flexibility index (Phi) is 6.77. The maximum Gasteiger partial charge on any atom is 0.319 e. The van der Waals surface area contributed by atoms with Crippen LogP contribution in [0.15, 0.2) is 48.5 Å². The highest BCUT2D eigenvalue weighted by atomic mass is 19.1. The standard InChI is InChI=1S/C19H24FN3O2/c1-23(2)12-11-17(14-7-5-4-6-8-14)21-19(24)22-18-10-9-15(25-3)13-16(18)20/h4-10,13,17H,11-12H2,1-3H3,(H2,21,22,24)/t17-/m1/s1. The van der Waals surface area contributed by atoms with Crippen LogP contribution in [0.4, 0.5) is 14.9 Å². The first-order valence-electron chi connectivity index (χ1n) is 8.10. The van der Waals surface area contributed by atoms with Crippen molar-refractivity contribution in [1.82, 2.24) is 10.2 Å². The molecular weight excluding hydrogens is 321 g/mol. The van der Waals surface area contributed by atoms with E-state index in [2.05, 4.69) is 15.5 Å². The molecule has 2 amide bonds. The van der Waals surface area contributed by atoms with Crippen LogP contribution >= 0.6 is 0 Å². The van der Waals surface area contributed by atoms with E-state index >= 15 is 0 Å². The van der Waals surface area contributed by atoms with Gasteiger partial charge in [0.15, 0.2) is 0 Å². The van der Waals surface area contributed by atoms with Crippen LogP contribution in [0.3, 0.4) is 0 Å². The van der Waals surface area contributed by atoms with Crippen LogP contribution in [0.2, 0.25) is 0 Å². The lowest BCUT2D eigenvalue weighted by molar-refractivity contribution is 0.246. The van der Waals surface area contributed by atoms with E-state index in [-0.39, 0.29) is 11.7 Å². The summed E-state index contributed by atoms with van der Waals surface area (Å²) < 4.78 is 18.9. The highest BCUT2D eigenvalue weighted by Crippen LogP contribution is 2.21. The third-order valence-corrected chi connectivity index (χ3v) is 3.80. The predicted octanol–water partition coefficient (Wildman–Crippen LogP) is 3.65. The fourth-order valence-electron chi connectivity index (χ4n) is 2.44. The van der Waals surface area contributed by atoms with Gasteiger partial charge in [-0.05, 0) is 44.8 Å². The molecule has 0 fully saturated rings. The minimum atomic E-state index is -0.543. The summed E-state index contributed by atoms with van der Waals surface area (Å²) in [5.41, 5.74) is 1.12. The largest absolute Gasteiger partial charge is 0.497 e. The number of methoxy groups -OCH3 is 1. The molecule has 0 aromatic heterocycles. The first-order valence-corrected chi connectivity index (χ1v) is 8.10. The predicted molar refractivity (Wildman–Crippen MR) is 97.5 cm³/mol. The number of nitrogens with zero attached hydrogens (tertiary/aromatic N) is 1. The second-order valence-corrected chi connectivity index (χ2v) is 6.00. The van der Waals surface area contributed by atoms with Crippen LogP contribution in [0.25, 0.3) is 0 Å². The molecule has 0 aliphatic heterocycles. The van der Waals surface area contributed by atoms with Crippen LogP contribution in [-0.4, -0.2) is 38.7 Å². The Balaban J connectivity index is 2.06. The molecule has 0 saturated carbocycles. The van der Waals surface area contributed by atoms with E-state index in [1.54, 1.807) is 6.07 Å². The summed E-state index contributed by atoms with van der Waals surface area (Å²) in [4.78, 5) is 14.4. The van der Waals surface area contributed by atoms with Crippen LogP contribution < -0.4 is 15.4 Å². The lowest BCUT2D eigenvalue weighted by atomic mass is 10.0. The number of nitrogens with one attached hydrogen (secondary N) is 2. The Morgan fingerprint density at radius 1 is 1.20 bits per heavy atom. The summed E-state index contributed by atoms with van der Waals surface area (Å²) in [5.74, 6) is -0.143. The van der Waals surface area contributed by atoms with E-state index < -0.39 is 11.8 Å². The third kappa shape index (κ3) is 5.76. The van der Waals surface area contributed by atoms with E-state index in [0.29, 0.717) is 5.75 Å². The fourth-order valence-corrected chi connectivity index (χ4v) is 2.44. The van der Waals surface area contributed by atoms with Crippen LogP contribution in [0, 0.1) is 5.82 Å². The van der Waals surface area contributed by atoms with Gasteiger partial charge in [0.2, 0.25) is 0 Å².